The number of nitrogens with one attached hydrogen (secondary N) is 1. The number of halogens is 1. The van der Waals surface area contributed by atoms with Gasteiger partial charge < -0.3 is 5.32 Å². The highest BCUT2D eigenvalue weighted by Gasteiger charge is 2.38. The number of aliphatic imine (C=N–C) groups is 1. The first-order chi connectivity index (χ1) is 14.6. The molecule has 164 valence electrons. The Labute approximate surface area is 189 Å². The molecule has 0 aliphatic carbocycles. The number of hydrogen-bond donors (Lipinski definition) is 2. The lowest BCUT2D eigenvalue weighted by atomic mass is 10.2. The molecule has 3 N–H and O–H groups in total. The number of benzene rings is 2. The van der Waals surface area contributed by atoms with Crippen molar-refractivity contribution in [3.05, 3.63) is 53.1 Å². The van der Waals surface area contributed by atoms with Crippen LogP contribution in [0.4, 0.5) is 11.4 Å². The van der Waals surface area contributed by atoms with E-state index in [2.05, 4.69) is 10.3 Å². The topological polar surface area (TPSA) is 122 Å². The van der Waals surface area contributed by atoms with Gasteiger partial charge in [-0.15, -0.1) is 0 Å². The van der Waals surface area contributed by atoms with Gasteiger partial charge in [-0.2, -0.15) is 0 Å². The Morgan fingerprint density at radius 2 is 1.94 bits per heavy atom. The molecule has 0 aromatic heterocycles. The summed E-state index contributed by atoms with van der Waals surface area (Å²) < 4.78 is 22.8. The Kier molecular flexibility index (Phi) is 7.05. The summed E-state index contributed by atoms with van der Waals surface area (Å²) in [6.45, 7) is 4.06. The van der Waals surface area contributed by atoms with Gasteiger partial charge in [0.1, 0.15) is 5.25 Å². The number of amides is 2. The quantitative estimate of drug-likeness (QED) is 0.657. The zero-order valence-corrected chi connectivity index (χ0v) is 19.2. The summed E-state index contributed by atoms with van der Waals surface area (Å²) in [6.07, 6.45) is -0.0185. The minimum absolute atomic E-state index is 0.0185. The van der Waals surface area contributed by atoms with Gasteiger partial charge in [-0.25, -0.2) is 18.5 Å². The molecule has 2 amide bonds. The largest absolute Gasteiger partial charge is 0.326 e. The van der Waals surface area contributed by atoms with Crippen molar-refractivity contribution in [2.75, 3.05) is 11.9 Å². The van der Waals surface area contributed by atoms with Gasteiger partial charge in [0.15, 0.2) is 5.17 Å². The molecule has 1 aliphatic rings. The van der Waals surface area contributed by atoms with E-state index in [9.17, 15) is 18.0 Å². The van der Waals surface area contributed by atoms with E-state index in [0.717, 1.165) is 5.56 Å². The number of primary sulfonamides is 1. The first kappa shape index (κ1) is 23.3. The van der Waals surface area contributed by atoms with E-state index in [1.807, 2.05) is 13.8 Å². The second kappa shape index (κ2) is 9.39. The highest BCUT2D eigenvalue weighted by molar-refractivity contribution is 8.15. The van der Waals surface area contributed by atoms with Crippen molar-refractivity contribution in [2.24, 2.45) is 10.1 Å². The number of nitrogens with two attached hydrogens (primary N) is 1. The first-order valence-electron chi connectivity index (χ1n) is 9.34. The molecule has 2 aromatic rings. The maximum Gasteiger partial charge on any atom is 0.242 e. The molecule has 1 atom stereocenters. The highest BCUT2D eigenvalue weighted by Crippen LogP contribution is 2.32. The number of carbonyl (C=O) groups excluding carboxylic acids is 2. The van der Waals surface area contributed by atoms with Crippen molar-refractivity contribution in [1.82, 2.24) is 4.90 Å². The van der Waals surface area contributed by atoms with Crippen LogP contribution in [0.1, 0.15) is 18.9 Å². The standard InChI is InChI=1S/C20H21ClN4O4S2/c1-3-25-19(27)17(11-18(26)24-16-10-13(21)5-4-12(16)2)30-20(25)23-14-6-8-15(9-7-14)31(22,28)29/h4-10,17H,3,11H2,1-2H3,(H,24,26)(H2,22,28,29)/t17-/m0/s1. The third kappa shape index (κ3) is 5.65. The Hall–Kier alpha value is -2.40. The van der Waals surface area contributed by atoms with E-state index in [-0.39, 0.29) is 23.1 Å². The molecule has 1 fully saturated rings. The Balaban J connectivity index is 1.74. The molecule has 0 unspecified atom stereocenters. The fraction of sp³-hybridized carbons (Fsp3) is 0.250. The van der Waals surface area contributed by atoms with Crippen LogP contribution in [0, 0.1) is 6.92 Å². The Morgan fingerprint density at radius 1 is 1.26 bits per heavy atom. The van der Waals surface area contributed by atoms with Gasteiger partial charge in [-0.05, 0) is 55.8 Å². The summed E-state index contributed by atoms with van der Waals surface area (Å²) in [5.41, 5.74) is 1.94. The maximum atomic E-state index is 12.8. The lowest BCUT2D eigenvalue weighted by Crippen LogP contribution is -2.33. The average Bonchev–Trinajstić information content (AvgIpc) is 2.98. The molecule has 1 saturated heterocycles. The number of hydrogen-bond acceptors (Lipinski definition) is 6. The number of anilines is 1. The summed E-state index contributed by atoms with van der Waals surface area (Å²) in [4.78, 5) is 31.2. The monoisotopic (exact) mass is 480 g/mol. The second-order valence-electron chi connectivity index (χ2n) is 6.83. The van der Waals surface area contributed by atoms with Crippen LogP contribution < -0.4 is 10.5 Å². The van der Waals surface area contributed by atoms with Gasteiger partial charge in [0, 0.05) is 23.7 Å². The van der Waals surface area contributed by atoms with Crippen LogP contribution in [-0.2, 0) is 19.6 Å². The average molecular weight is 481 g/mol. The number of aryl methyl sites for hydroxylation is 1. The molecule has 1 heterocycles. The summed E-state index contributed by atoms with van der Waals surface area (Å²) in [7, 11) is -3.80. The van der Waals surface area contributed by atoms with E-state index in [1.165, 1.54) is 40.9 Å². The zero-order chi connectivity index (χ0) is 22.8. The van der Waals surface area contributed by atoms with E-state index < -0.39 is 15.3 Å². The van der Waals surface area contributed by atoms with Gasteiger partial charge >= 0.3 is 0 Å². The summed E-state index contributed by atoms with van der Waals surface area (Å²) >= 11 is 7.19. The SMILES string of the molecule is CCN1C(=O)[C@H](CC(=O)Nc2cc(Cl)ccc2C)SC1=Nc1ccc(S(N)(=O)=O)cc1. The Morgan fingerprint density at radius 3 is 2.55 bits per heavy atom. The van der Waals surface area contributed by atoms with Crippen molar-refractivity contribution < 1.29 is 18.0 Å². The van der Waals surface area contributed by atoms with Crippen molar-refractivity contribution in [3.63, 3.8) is 0 Å². The Bertz CT molecular complexity index is 1150. The van der Waals surface area contributed by atoms with Crippen LogP contribution in [0.3, 0.4) is 0 Å². The number of thioether (sulfide) groups is 1. The van der Waals surface area contributed by atoms with Crippen molar-refractivity contribution >= 4 is 61.7 Å². The van der Waals surface area contributed by atoms with Crippen LogP contribution in [0.5, 0.6) is 0 Å². The van der Waals surface area contributed by atoms with Crippen molar-refractivity contribution in [2.45, 2.75) is 30.4 Å². The van der Waals surface area contributed by atoms with Gasteiger partial charge in [-0.3, -0.25) is 14.5 Å². The molecular formula is C20H21ClN4O4S2. The third-order valence-corrected chi connectivity index (χ3v) is 6.91. The number of sulfonamides is 1. The van der Waals surface area contributed by atoms with Crippen LogP contribution in [0.25, 0.3) is 0 Å². The first-order valence-corrected chi connectivity index (χ1v) is 12.1. The number of carbonyl (C=O) groups is 2. The third-order valence-electron chi connectivity index (χ3n) is 4.57. The van der Waals surface area contributed by atoms with E-state index in [1.54, 1.807) is 18.2 Å². The molecule has 0 radical (unpaired) electrons. The van der Waals surface area contributed by atoms with Crippen molar-refractivity contribution in [1.29, 1.82) is 0 Å². The lowest BCUT2D eigenvalue weighted by Gasteiger charge is -2.13. The van der Waals surface area contributed by atoms with Crippen LogP contribution >= 0.6 is 23.4 Å². The molecule has 3 rings (SSSR count). The lowest BCUT2D eigenvalue weighted by molar-refractivity contribution is -0.128. The predicted octanol–water partition coefficient (Wildman–Crippen LogP) is 3.28. The van der Waals surface area contributed by atoms with Crippen LogP contribution in [0.2, 0.25) is 5.02 Å². The molecule has 8 nitrogen and oxygen atoms in total. The summed E-state index contributed by atoms with van der Waals surface area (Å²) in [5.74, 6) is -0.503. The van der Waals surface area contributed by atoms with Gasteiger partial charge in [-0.1, -0.05) is 29.4 Å². The van der Waals surface area contributed by atoms with Crippen LogP contribution in [-0.4, -0.2) is 42.1 Å². The molecule has 11 heteroatoms. The maximum absolute atomic E-state index is 12.8. The predicted molar refractivity (Wildman–Crippen MR) is 123 cm³/mol. The molecular weight excluding hydrogens is 460 g/mol. The van der Waals surface area contributed by atoms with Crippen molar-refractivity contribution in [3.8, 4) is 0 Å². The number of amidine groups is 1. The molecule has 31 heavy (non-hydrogen) atoms. The minimum Gasteiger partial charge on any atom is -0.326 e. The summed E-state index contributed by atoms with van der Waals surface area (Å²) in [6, 6.07) is 10.9. The fourth-order valence-corrected chi connectivity index (χ4v) is 4.84. The molecule has 0 saturated carbocycles. The van der Waals surface area contributed by atoms with Gasteiger partial charge in [0.25, 0.3) is 0 Å². The molecule has 1 aliphatic heterocycles. The number of rotatable bonds is 6. The highest BCUT2D eigenvalue weighted by atomic mass is 35.5. The minimum atomic E-state index is -3.80. The van der Waals surface area contributed by atoms with E-state index in [4.69, 9.17) is 16.7 Å². The molecule has 0 spiro atoms. The van der Waals surface area contributed by atoms with Gasteiger partial charge in [0.2, 0.25) is 21.8 Å². The van der Waals surface area contributed by atoms with Crippen LogP contribution in [0.15, 0.2) is 52.4 Å². The fourth-order valence-electron chi connectivity index (χ4n) is 2.94. The van der Waals surface area contributed by atoms with E-state index in [0.29, 0.717) is 28.1 Å². The van der Waals surface area contributed by atoms with E-state index >= 15 is 0 Å². The van der Waals surface area contributed by atoms with Gasteiger partial charge in [0.05, 0.1) is 10.6 Å². The molecule has 2 aromatic carbocycles. The molecule has 0 bridgehead atoms. The number of nitrogens with zero attached hydrogens (tertiary/aromatic N) is 2. The smallest absolute Gasteiger partial charge is 0.242 e. The zero-order valence-electron chi connectivity index (χ0n) is 16.8. The second-order valence-corrected chi connectivity index (χ2v) is 10.0. The summed E-state index contributed by atoms with van der Waals surface area (Å²) in [5, 5.41) is 8.25. The normalized spacial score (nSPS) is 17.9.